The van der Waals surface area contributed by atoms with Gasteiger partial charge in [0.15, 0.2) is 0 Å². The van der Waals surface area contributed by atoms with E-state index >= 15 is 0 Å². The molecule has 0 N–H and O–H groups in total. The minimum atomic E-state index is -0.0963. The van der Waals surface area contributed by atoms with Crippen LogP contribution in [0, 0.1) is 13.8 Å². The van der Waals surface area contributed by atoms with Gasteiger partial charge >= 0.3 is 0 Å². The summed E-state index contributed by atoms with van der Waals surface area (Å²) in [5.74, 6) is 1.57. The van der Waals surface area contributed by atoms with Crippen molar-refractivity contribution >= 4 is 21.6 Å². The van der Waals surface area contributed by atoms with Crippen molar-refractivity contribution in [2.24, 2.45) is 0 Å². The molecule has 4 aromatic rings. The normalized spacial score (nSPS) is 11.2. The van der Waals surface area contributed by atoms with Gasteiger partial charge in [-0.25, -0.2) is 4.98 Å². The highest BCUT2D eigenvalue weighted by Gasteiger charge is 2.15. The lowest BCUT2D eigenvalue weighted by Gasteiger charge is -2.01. The number of ether oxygens (including phenoxy) is 1. The van der Waals surface area contributed by atoms with Crippen LogP contribution in [0.5, 0.6) is 5.75 Å². The van der Waals surface area contributed by atoms with E-state index in [1.807, 2.05) is 38.1 Å². The Balaban J connectivity index is 1.65. The lowest BCUT2D eigenvalue weighted by atomic mass is 10.2. The van der Waals surface area contributed by atoms with Gasteiger partial charge in [0.2, 0.25) is 11.7 Å². The number of methoxy groups -OCH3 is 1. The molecule has 0 atom stereocenters. The van der Waals surface area contributed by atoms with Gasteiger partial charge in [0, 0.05) is 10.4 Å². The third kappa shape index (κ3) is 2.78. The third-order valence-corrected chi connectivity index (χ3v) is 5.39. The Morgan fingerprint density at radius 2 is 2.00 bits per heavy atom. The number of aromatic nitrogens is 4. The maximum absolute atomic E-state index is 12.7. The van der Waals surface area contributed by atoms with Crippen LogP contribution < -0.4 is 10.3 Å². The average Bonchev–Trinajstić information content (AvgIpc) is 3.23. The van der Waals surface area contributed by atoms with Crippen molar-refractivity contribution in [3.05, 3.63) is 57.3 Å². The van der Waals surface area contributed by atoms with Gasteiger partial charge in [-0.1, -0.05) is 5.16 Å². The summed E-state index contributed by atoms with van der Waals surface area (Å²) in [5, 5.41) is 4.65. The van der Waals surface area contributed by atoms with Crippen molar-refractivity contribution in [2.75, 3.05) is 7.11 Å². The molecule has 8 heteroatoms. The molecular weight excluding hydrogens is 352 g/mol. The van der Waals surface area contributed by atoms with E-state index in [9.17, 15) is 4.79 Å². The minimum Gasteiger partial charge on any atom is -0.497 e. The summed E-state index contributed by atoms with van der Waals surface area (Å²) in [6, 6.07) is 7.36. The maximum atomic E-state index is 12.7. The molecule has 0 saturated heterocycles. The molecular formula is C18H16N4O3S. The minimum absolute atomic E-state index is 0.0963. The van der Waals surface area contributed by atoms with Crippen LogP contribution in [-0.4, -0.2) is 26.8 Å². The second kappa shape index (κ2) is 6.38. The van der Waals surface area contributed by atoms with E-state index in [0.717, 1.165) is 26.6 Å². The lowest BCUT2D eigenvalue weighted by molar-refractivity contribution is 0.369. The van der Waals surface area contributed by atoms with Gasteiger partial charge in [0.25, 0.3) is 5.56 Å². The third-order valence-electron chi connectivity index (χ3n) is 4.28. The molecule has 0 aliphatic rings. The number of aryl methyl sites for hydroxylation is 2. The molecule has 0 radical (unpaired) electrons. The van der Waals surface area contributed by atoms with Crippen LogP contribution in [0.25, 0.3) is 21.6 Å². The summed E-state index contributed by atoms with van der Waals surface area (Å²) in [6.07, 6.45) is 1.53. The van der Waals surface area contributed by atoms with Crippen LogP contribution in [0.2, 0.25) is 0 Å². The quantitative estimate of drug-likeness (QED) is 0.550. The fourth-order valence-electron chi connectivity index (χ4n) is 2.70. The molecule has 7 nitrogen and oxygen atoms in total. The van der Waals surface area contributed by atoms with Crippen molar-refractivity contribution in [2.45, 2.75) is 20.4 Å². The van der Waals surface area contributed by atoms with Crippen molar-refractivity contribution in [1.82, 2.24) is 19.7 Å². The fourth-order valence-corrected chi connectivity index (χ4v) is 3.69. The van der Waals surface area contributed by atoms with Crippen molar-refractivity contribution in [1.29, 1.82) is 0 Å². The summed E-state index contributed by atoms with van der Waals surface area (Å²) < 4.78 is 11.9. The van der Waals surface area contributed by atoms with E-state index in [4.69, 9.17) is 9.26 Å². The van der Waals surface area contributed by atoms with Gasteiger partial charge in [-0.3, -0.25) is 9.36 Å². The Bertz CT molecular complexity index is 1140. The molecule has 4 rings (SSSR count). The topological polar surface area (TPSA) is 83.0 Å². The summed E-state index contributed by atoms with van der Waals surface area (Å²) >= 11 is 1.53. The molecule has 132 valence electrons. The van der Waals surface area contributed by atoms with Gasteiger partial charge in [-0.05, 0) is 43.7 Å². The standard InChI is InChI=1S/C18H16N4O3S/c1-10-11(2)26-17-15(10)18(23)22(9-19-17)8-14-20-16(21-25-14)12-4-6-13(24-3)7-5-12/h4-7,9H,8H2,1-3H3. The molecule has 3 aromatic heterocycles. The van der Waals surface area contributed by atoms with Gasteiger partial charge in [0.1, 0.15) is 17.1 Å². The van der Waals surface area contributed by atoms with E-state index in [1.54, 1.807) is 7.11 Å². The second-order valence-electron chi connectivity index (χ2n) is 5.88. The lowest BCUT2D eigenvalue weighted by Crippen LogP contribution is -2.21. The Morgan fingerprint density at radius 3 is 2.73 bits per heavy atom. The largest absolute Gasteiger partial charge is 0.497 e. The first kappa shape index (κ1) is 16.5. The number of benzene rings is 1. The molecule has 0 amide bonds. The van der Waals surface area contributed by atoms with Crippen molar-refractivity contribution < 1.29 is 9.26 Å². The van der Waals surface area contributed by atoms with Gasteiger partial charge in [-0.15, -0.1) is 11.3 Å². The summed E-state index contributed by atoms with van der Waals surface area (Å²) in [7, 11) is 1.61. The molecule has 26 heavy (non-hydrogen) atoms. The number of nitrogens with zero attached hydrogens (tertiary/aromatic N) is 4. The van der Waals surface area contributed by atoms with E-state index in [2.05, 4.69) is 15.1 Å². The highest BCUT2D eigenvalue weighted by atomic mass is 32.1. The molecule has 1 aromatic carbocycles. The molecule has 0 saturated carbocycles. The summed E-state index contributed by atoms with van der Waals surface area (Å²) in [6.45, 7) is 4.11. The summed E-state index contributed by atoms with van der Waals surface area (Å²) in [5.41, 5.74) is 1.69. The first-order valence-electron chi connectivity index (χ1n) is 7.99. The molecule has 0 fully saturated rings. The molecule has 3 heterocycles. The molecule has 0 spiro atoms. The van der Waals surface area contributed by atoms with Crippen molar-refractivity contribution in [3.8, 4) is 17.1 Å². The van der Waals surface area contributed by atoms with Gasteiger partial charge < -0.3 is 9.26 Å². The zero-order chi connectivity index (χ0) is 18.3. The maximum Gasteiger partial charge on any atom is 0.262 e. The Kier molecular flexibility index (Phi) is 4.04. The van der Waals surface area contributed by atoms with E-state index in [-0.39, 0.29) is 12.1 Å². The molecule has 0 aliphatic carbocycles. The smallest absolute Gasteiger partial charge is 0.262 e. The van der Waals surface area contributed by atoms with E-state index < -0.39 is 0 Å². The Hall–Kier alpha value is -3.00. The van der Waals surface area contributed by atoms with Crippen molar-refractivity contribution in [3.63, 3.8) is 0 Å². The van der Waals surface area contributed by atoms with Crippen LogP contribution in [-0.2, 0) is 6.54 Å². The fraction of sp³-hybridized carbons (Fsp3) is 0.222. The Labute approximate surface area is 152 Å². The Morgan fingerprint density at radius 1 is 1.23 bits per heavy atom. The predicted octanol–water partition coefficient (Wildman–Crippen LogP) is 3.18. The zero-order valence-corrected chi connectivity index (χ0v) is 15.3. The summed E-state index contributed by atoms with van der Waals surface area (Å²) in [4.78, 5) is 23.4. The van der Waals surface area contributed by atoms with E-state index in [1.165, 1.54) is 22.2 Å². The van der Waals surface area contributed by atoms with Gasteiger partial charge in [0.05, 0.1) is 18.8 Å². The number of hydrogen-bond acceptors (Lipinski definition) is 7. The highest BCUT2D eigenvalue weighted by molar-refractivity contribution is 7.18. The molecule has 0 unspecified atom stereocenters. The number of thiophene rings is 1. The molecule has 0 aliphatic heterocycles. The predicted molar refractivity (Wildman–Crippen MR) is 98.7 cm³/mol. The van der Waals surface area contributed by atoms with Crippen LogP contribution in [0.3, 0.4) is 0 Å². The first-order valence-corrected chi connectivity index (χ1v) is 8.80. The van der Waals surface area contributed by atoms with Crippen LogP contribution >= 0.6 is 11.3 Å². The SMILES string of the molecule is COc1ccc(-c2noc(Cn3cnc4sc(C)c(C)c4c3=O)n2)cc1. The first-order chi connectivity index (χ1) is 12.6. The second-order valence-corrected chi connectivity index (χ2v) is 7.08. The highest BCUT2D eigenvalue weighted by Crippen LogP contribution is 2.25. The number of rotatable bonds is 4. The van der Waals surface area contributed by atoms with Gasteiger partial charge in [-0.2, -0.15) is 4.98 Å². The number of hydrogen-bond donors (Lipinski definition) is 0. The van der Waals surface area contributed by atoms with Crippen LogP contribution in [0.15, 0.2) is 39.9 Å². The van der Waals surface area contributed by atoms with Crippen LogP contribution in [0.1, 0.15) is 16.3 Å². The zero-order valence-electron chi connectivity index (χ0n) is 14.5. The molecule has 0 bridgehead atoms. The monoisotopic (exact) mass is 368 g/mol. The van der Waals surface area contributed by atoms with Crippen LogP contribution in [0.4, 0.5) is 0 Å². The number of fused-ring (bicyclic) bond motifs is 1. The average molecular weight is 368 g/mol. The van der Waals surface area contributed by atoms with E-state index in [0.29, 0.717) is 17.1 Å².